The second-order valence-corrected chi connectivity index (χ2v) is 7.07. The van der Waals surface area contributed by atoms with Gasteiger partial charge in [-0.2, -0.15) is 5.26 Å². The molecule has 0 fully saturated rings. The van der Waals surface area contributed by atoms with E-state index in [4.69, 9.17) is 4.42 Å². The molecule has 0 atom stereocenters. The van der Waals surface area contributed by atoms with Crippen LogP contribution in [0.2, 0.25) is 0 Å². The standard InChI is InChI=1S/C24H19N3O/c1-15-19(14-25)23-22(18-8-5-11-27-24(18)28-23)21(17-9-12-26-13-10-17)20(15)16-6-3-2-4-7-16/h2-9,11,26H,10,12-13H2,1H3. The summed E-state index contributed by atoms with van der Waals surface area (Å²) in [6.07, 6.45) is 4.92. The number of pyridine rings is 1. The van der Waals surface area contributed by atoms with Gasteiger partial charge in [-0.15, -0.1) is 0 Å². The SMILES string of the molecule is Cc1c(-c2ccccc2)c(C2=CCNCC2)c2c(oc3ncccc32)c1C#N. The molecule has 136 valence electrons. The van der Waals surface area contributed by atoms with Gasteiger partial charge in [0.25, 0.3) is 0 Å². The predicted octanol–water partition coefficient (Wildman–Crippen LogP) is 5.20. The summed E-state index contributed by atoms with van der Waals surface area (Å²) < 4.78 is 6.10. The monoisotopic (exact) mass is 365 g/mol. The lowest BCUT2D eigenvalue weighted by atomic mass is 9.83. The molecule has 5 rings (SSSR count). The Labute approximate surface area is 163 Å². The van der Waals surface area contributed by atoms with Crippen LogP contribution in [0.1, 0.15) is 23.1 Å². The summed E-state index contributed by atoms with van der Waals surface area (Å²) in [5, 5.41) is 15.3. The predicted molar refractivity (Wildman–Crippen MR) is 112 cm³/mol. The number of benzene rings is 2. The van der Waals surface area contributed by atoms with E-state index in [1.54, 1.807) is 6.20 Å². The fraction of sp³-hybridized carbons (Fsp3) is 0.167. The van der Waals surface area contributed by atoms with Crippen molar-refractivity contribution in [2.75, 3.05) is 13.1 Å². The normalized spacial score (nSPS) is 14.2. The van der Waals surface area contributed by atoms with Gasteiger partial charge in [-0.1, -0.05) is 36.4 Å². The highest BCUT2D eigenvalue weighted by molar-refractivity contribution is 6.14. The van der Waals surface area contributed by atoms with Crippen molar-refractivity contribution in [3.8, 4) is 17.2 Å². The van der Waals surface area contributed by atoms with Crippen LogP contribution in [0.25, 0.3) is 38.8 Å². The quantitative estimate of drug-likeness (QED) is 0.530. The van der Waals surface area contributed by atoms with Gasteiger partial charge in [0.1, 0.15) is 6.07 Å². The number of nitriles is 1. The Bertz CT molecular complexity index is 1280. The van der Waals surface area contributed by atoms with Crippen molar-refractivity contribution < 1.29 is 4.42 Å². The fourth-order valence-corrected chi connectivity index (χ4v) is 4.24. The maximum Gasteiger partial charge on any atom is 0.227 e. The molecule has 0 spiro atoms. The van der Waals surface area contributed by atoms with Crippen LogP contribution < -0.4 is 5.32 Å². The highest BCUT2D eigenvalue weighted by Crippen LogP contribution is 2.44. The summed E-state index contributed by atoms with van der Waals surface area (Å²) in [7, 11) is 0. The molecule has 1 aliphatic rings. The minimum absolute atomic E-state index is 0.578. The minimum atomic E-state index is 0.578. The van der Waals surface area contributed by atoms with E-state index >= 15 is 0 Å². The van der Waals surface area contributed by atoms with E-state index < -0.39 is 0 Å². The molecule has 28 heavy (non-hydrogen) atoms. The van der Waals surface area contributed by atoms with Crippen molar-refractivity contribution in [2.45, 2.75) is 13.3 Å². The van der Waals surface area contributed by atoms with E-state index in [0.29, 0.717) is 16.9 Å². The van der Waals surface area contributed by atoms with Crippen LogP contribution in [0.15, 0.2) is 59.2 Å². The van der Waals surface area contributed by atoms with E-state index in [2.05, 4.69) is 34.6 Å². The van der Waals surface area contributed by atoms with Crippen LogP contribution in [0.5, 0.6) is 0 Å². The molecule has 0 bridgehead atoms. The molecular formula is C24H19N3O. The third-order valence-electron chi connectivity index (χ3n) is 5.50. The molecule has 4 nitrogen and oxygen atoms in total. The summed E-state index contributed by atoms with van der Waals surface area (Å²) >= 11 is 0. The minimum Gasteiger partial charge on any atom is -0.436 e. The van der Waals surface area contributed by atoms with Crippen molar-refractivity contribution in [2.24, 2.45) is 0 Å². The third-order valence-corrected chi connectivity index (χ3v) is 5.50. The Kier molecular flexibility index (Phi) is 3.96. The topological polar surface area (TPSA) is 61.9 Å². The zero-order valence-corrected chi connectivity index (χ0v) is 15.6. The number of rotatable bonds is 2. The van der Waals surface area contributed by atoms with Crippen molar-refractivity contribution in [3.63, 3.8) is 0 Å². The fourth-order valence-electron chi connectivity index (χ4n) is 4.24. The molecule has 1 N–H and O–H groups in total. The lowest BCUT2D eigenvalue weighted by molar-refractivity contribution is 0.652. The largest absolute Gasteiger partial charge is 0.436 e. The van der Waals surface area contributed by atoms with Crippen LogP contribution in [0.4, 0.5) is 0 Å². The van der Waals surface area contributed by atoms with Gasteiger partial charge >= 0.3 is 0 Å². The molecule has 4 heteroatoms. The zero-order valence-electron chi connectivity index (χ0n) is 15.6. The molecule has 0 saturated carbocycles. The average Bonchev–Trinajstić information content (AvgIpc) is 3.13. The highest BCUT2D eigenvalue weighted by Gasteiger charge is 2.25. The third kappa shape index (κ3) is 2.45. The Balaban J connectivity index is 2.03. The van der Waals surface area contributed by atoms with E-state index in [-0.39, 0.29) is 0 Å². The number of hydrogen-bond donors (Lipinski definition) is 1. The van der Waals surface area contributed by atoms with Crippen LogP contribution in [-0.4, -0.2) is 18.1 Å². The number of aromatic nitrogens is 1. The second kappa shape index (κ2) is 6.63. The lowest BCUT2D eigenvalue weighted by Gasteiger charge is -2.21. The number of nitrogens with one attached hydrogen (secondary N) is 1. The average molecular weight is 365 g/mol. The van der Waals surface area contributed by atoms with Gasteiger partial charge in [0.15, 0.2) is 5.58 Å². The van der Waals surface area contributed by atoms with Crippen LogP contribution in [-0.2, 0) is 0 Å². The Morgan fingerprint density at radius 2 is 1.96 bits per heavy atom. The number of furan rings is 1. The molecule has 3 heterocycles. The van der Waals surface area contributed by atoms with Gasteiger partial charge in [-0.3, -0.25) is 0 Å². The Hall–Kier alpha value is -3.42. The first kappa shape index (κ1) is 16.7. The first-order valence-corrected chi connectivity index (χ1v) is 9.49. The van der Waals surface area contributed by atoms with Crippen LogP contribution in [0.3, 0.4) is 0 Å². The van der Waals surface area contributed by atoms with E-state index in [1.165, 1.54) is 11.1 Å². The number of hydrogen-bond acceptors (Lipinski definition) is 4. The lowest BCUT2D eigenvalue weighted by Crippen LogP contribution is -2.20. The van der Waals surface area contributed by atoms with Gasteiger partial charge in [-0.05, 0) is 59.8 Å². The summed E-state index contributed by atoms with van der Waals surface area (Å²) in [5.41, 5.74) is 7.46. The molecule has 0 radical (unpaired) electrons. The molecule has 2 aromatic heterocycles. The van der Waals surface area contributed by atoms with Crippen LogP contribution >= 0.6 is 0 Å². The molecule has 1 aliphatic heterocycles. The highest BCUT2D eigenvalue weighted by atomic mass is 16.3. The molecule has 4 aromatic rings. The van der Waals surface area contributed by atoms with Gasteiger partial charge in [-0.25, -0.2) is 4.98 Å². The summed E-state index contributed by atoms with van der Waals surface area (Å²) in [5.74, 6) is 0. The Morgan fingerprint density at radius 3 is 2.71 bits per heavy atom. The van der Waals surface area contributed by atoms with Crippen molar-refractivity contribution in [1.29, 1.82) is 5.26 Å². The van der Waals surface area contributed by atoms with Gasteiger partial charge < -0.3 is 9.73 Å². The van der Waals surface area contributed by atoms with Gasteiger partial charge in [0, 0.05) is 23.5 Å². The van der Waals surface area contributed by atoms with E-state index in [9.17, 15) is 5.26 Å². The first-order valence-electron chi connectivity index (χ1n) is 9.49. The zero-order chi connectivity index (χ0) is 19.1. The maximum atomic E-state index is 9.96. The molecule has 2 aromatic carbocycles. The summed E-state index contributed by atoms with van der Waals surface area (Å²) in [4.78, 5) is 4.40. The number of nitrogens with zero attached hydrogens (tertiary/aromatic N) is 2. The van der Waals surface area contributed by atoms with Gasteiger partial charge in [0.05, 0.1) is 5.56 Å². The second-order valence-electron chi connectivity index (χ2n) is 7.07. The number of fused-ring (bicyclic) bond motifs is 3. The van der Waals surface area contributed by atoms with Gasteiger partial charge in [0.2, 0.25) is 5.71 Å². The van der Waals surface area contributed by atoms with Crippen molar-refractivity contribution in [3.05, 3.63) is 71.4 Å². The molecular weight excluding hydrogens is 346 g/mol. The Morgan fingerprint density at radius 1 is 1.11 bits per heavy atom. The summed E-state index contributed by atoms with van der Waals surface area (Å²) in [6.45, 7) is 3.80. The van der Waals surface area contributed by atoms with Crippen LogP contribution in [0, 0.1) is 18.3 Å². The molecule has 0 saturated heterocycles. The molecule has 0 unspecified atom stereocenters. The van der Waals surface area contributed by atoms with E-state index in [0.717, 1.165) is 47.0 Å². The van der Waals surface area contributed by atoms with Crippen molar-refractivity contribution in [1.82, 2.24) is 10.3 Å². The first-order chi connectivity index (χ1) is 13.8. The van der Waals surface area contributed by atoms with E-state index in [1.807, 2.05) is 37.3 Å². The molecule has 0 aliphatic carbocycles. The van der Waals surface area contributed by atoms with Crippen molar-refractivity contribution >= 4 is 27.6 Å². The maximum absolute atomic E-state index is 9.96. The molecule has 0 amide bonds. The smallest absolute Gasteiger partial charge is 0.227 e. The summed E-state index contributed by atoms with van der Waals surface area (Å²) in [6, 6.07) is 16.7.